The Hall–Kier alpha value is -4.20. The second-order valence-electron chi connectivity index (χ2n) is 6.45. The van der Waals surface area contributed by atoms with E-state index in [9.17, 15) is 9.59 Å². The number of hydrogen-bond donors (Lipinski definition) is 1. The SMILES string of the molecule is COC(=O)c1cc(-c2ccc3nc(N)n(-c4ccccc4)c(=O)c3c2)cnc1OC. The van der Waals surface area contributed by atoms with E-state index in [2.05, 4.69) is 9.97 Å². The summed E-state index contributed by atoms with van der Waals surface area (Å²) < 4.78 is 11.3. The van der Waals surface area contributed by atoms with Crippen LogP contribution in [0.1, 0.15) is 10.4 Å². The fourth-order valence-corrected chi connectivity index (χ4v) is 3.24. The van der Waals surface area contributed by atoms with E-state index in [0.717, 1.165) is 0 Å². The minimum absolute atomic E-state index is 0.102. The summed E-state index contributed by atoms with van der Waals surface area (Å²) in [5, 5.41) is 0.390. The van der Waals surface area contributed by atoms with Gasteiger partial charge in [0.15, 0.2) is 0 Å². The standard InChI is InChI=1S/C22H18N4O4/c1-29-19-17(21(28)30-2)11-14(12-24-19)13-8-9-18-16(10-13)20(27)26(22(23)25-18)15-6-4-3-5-7-15/h3-12H,1-2H3,(H2,23,25). The number of nitrogens with two attached hydrogens (primary N) is 1. The van der Waals surface area contributed by atoms with Gasteiger partial charge in [-0.1, -0.05) is 24.3 Å². The smallest absolute Gasteiger partial charge is 0.343 e. The summed E-state index contributed by atoms with van der Waals surface area (Å²) in [4.78, 5) is 33.8. The van der Waals surface area contributed by atoms with Crippen LogP contribution >= 0.6 is 0 Å². The number of benzene rings is 2. The molecule has 0 fully saturated rings. The van der Waals surface area contributed by atoms with Gasteiger partial charge in [0, 0.05) is 11.8 Å². The quantitative estimate of drug-likeness (QED) is 0.523. The van der Waals surface area contributed by atoms with Crippen LogP contribution in [0.25, 0.3) is 27.7 Å². The maximum absolute atomic E-state index is 13.2. The minimum Gasteiger partial charge on any atom is -0.480 e. The molecule has 2 heterocycles. The molecule has 0 atom stereocenters. The van der Waals surface area contributed by atoms with Crippen molar-refractivity contribution in [3.8, 4) is 22.7 Å². The lowest BCUT2D eigenvalue weighted by Crippen LogP contribution is -2.23. The Bertz CT molecular complexity index is 1320. The first-order valence-electron chi connectivity index (χ1n) is 9.04. The molecule has 0 radical (unpaired) electrons. The number of esters is 1. The van der Waals surface area contributed by atoms with Crippen LogP contribution in [0.3, 0.4) is 0 Å². The number of methoxy groups -OCH3 is 2. The van der Waals surface area contributed by atoms with Crippen molar-refractivity contribution in [3.63, 3.8) is 0 Å². The number of pyridine rings is 1. The van der Waals surface area contributed by atoms with Crippen LogP contribution in [0.4, 0.5) is 5.95 Å². The molecule has 0 spiro atoms. The lowest BCUT2D eigenvalue weighted by Gasteiger charge is -2.12. The van der Waals surface area contributed by atoms with Crippen LogP contribution in [0, 0.1) is 0 Å². The second-order valence-corrected chi connectivity index (χ2v) is 6.45. The molecule has 4 rings (SSSR count). The maximum Gasteiger partial charge on any atom is 0.343 e. The summed E-state index contributed by atoms with van der Waals surface area (Å²) in [6, 6.07) is 15.9. The van der Waals surface area contributed by atoms with Crippen molar-refractivity contribution >= 4 is 22.8 Å². The molecule has 0 aliphatic heterocycles. The number of para-hydroxylation sites is 1. The van der Waals surface area contributed by atoms with Gasteiger partial charge in [0.1, 0.15) is 5.56 Å². The first-order chi connectivity index (χ1) is 14.5. The molecule has 8 nitrogen and oxygen atoms in total. The molecule has 150 valence electrons. The molecule has 4 aromatic rings. The molecule has 0 bridgehead atoms. The van der Waals surface area contributed by atoms with Crippen molar-refractivity contribution in [2.24, 2.45) is 0 Å². The molecule has 30 heavy (non-hydrogen) atoms. The van der Waals surface area contributed by atoms with Crippen LogP contribution in [0.5, 0.6) is 5.88 Å². The number of hydrogen-bond acceptors (Lipinski definition) is 7. The van der Waals surface area contributed by atoms with E-state index < -0.39 is 5.97 Å². The highest BCUT2D eigenvalue weighted by molar-refractivity contribution is 5.94. The number of nitrogens with zero attached hydrogens (tertiary/aromatic N) is 3. The number of anilines is 1. The predicted octanol–water partition coefficient (Wildman–Crippen LogP) is 2.83. The molecular weight excluding hydrogens is 384 g/mol. The summed E-state index contributed by atoms with van der Waals surface area (Å²) in [5.41, 5.74) is 8.35. The third-order valence-corrected chi connectivity index (χ3v) is 4.69. The molecule has 2 aromatic carbocycles. The number of aromatic nitrogens is 3. The van der Waals surface area contributed by atoms with E-state index in [-0.39, 0.29) is 23.0 Å². The minimum atomic E-state index is -0.567. The first-order valence-corrected chi connectivity index (χ1v) is 9.04. The highest BCUT2D eigenvalue weighted by Crippen LogP contribution is 2.27. The number of carbonyl (C=O) groups excluding carboxylic acids is 1. The molecule has 2 aromatic heterocycles. The van der Waals surface area contributed by atoms with Gasteiger partial charge in [-0.3, -0.25) is 4.79 Å². The molecular formula is C22H18N4O4. The second kappa shape index (κ2) is 7.67. The number of fused-ring (bicyclic) bond motifs is 1. The summed E-state index contributed by atoms with van der Waals surface area (Å²) in [6.07, 6.45) is 1.56. The van der Waals surface area contributed by atoms with Gasteiger partial charge in [-0.2, -0.15) is 0 Å². The topological polar surface area (TPSA) is 109 Å². The van der Waals surface area contributed by atoms with Crippen LogP contribution in [0.2, 0.25) is 0 Å². The zero-order chi connectivity index (χ0) is 21.3. The molecule has 0 amide bonds. The average Bonchev–Trinajstić information content (AvgIpc) is 2.78. The maximum atomic E-state index is 13.2. The monoisotopic (exact) mass is 402 g/mol. The highest BCUT2D eigenvalue weighted by Gasteiger charge is 2.17. The third kappa shape index (κ3) is 3.24. The zero-order valence-electron chi connectivity index (χ0n) is 16.3. The van der Waals surface area contributed by atoms with Gasteiger partial charge in [-0.15, -0.1) is 0 Å². The van der Waals surface area contributed by atoms with Gasteiger partial charge >= 0.3 is 5.97 Å². The highest BCUT2D eigenvalue weighted by atomic mass is 16.5. The van der Waals surface area contributed by atoms with E-state index in [1.807, 2.05) is 18.2 Å². The van der Waals surface area contributed by atoms with Gasteiger partial charge in [-0.25, -0.2) is 19.3 Å². The fourth-order valence-electron chi connectivity index (χ4n) is 3.24. The number of rotatable bonds is 4. The molecule has 0 saturated heterocycles. The Morgan fingerprint density at radius 3 is 2.50 bits per heavy atom. The number of ether oxygens (including phenoxy) is 2. The van der Waals surface area contributed by atoms with Crippen molar-refractivity contribution in [1.82, 2.24) is 14.5 Å². The van der Waals surface area contributed by atoms with E-state index in [1.165, 1.54) is 18.8 Å². The zero-order valence-corrected chi connectivity index (χ0v) is 16.3. The van der Waals surface area contributed by atoms with Crippen molar-refractivity contribution in [2.45, 2.75) is 0 Å². The van der Waals surface area contributed by atoms with Gasteiger partial charge < -0.3 is 15.2 Å². The van der Waals surface area contributed by atoms with Gasteiger partial charge in [0.2, 0.25) is 11.8 Å². The number of carbonyl (C=O) groups is 1. The van der Waals surface area contributed by atoms with Crippen molar-refractivity contribution in [2.75, 3.05) is 20.0 Å². The summed E-state index contributed by atoms with van der Waals surface area (Å²) >= 11 is 0. The van der Waals surface area contributed by atoms with Crippen LogP contribution in [-0.2, 0) is 4.74 Å². The Kier molecular flexibility index (Phi) is 4.89. The van der Waals surface area contributed by atoms with Gasteiger partial charge in [-0.05, 0) is 35.9 Å². The first kappa shape index (κ1) is 19.1. The van der Waals surface area contributed by atoms with Crippen molar-refractivity contribution < 1.29 is 14.3 Å². The van der Waals surface area contributed by atoms with Crippen LogP contribution in [-0.4, -0.2) is 34.7 Å². The van der Waals surface area contributed by atoms with Crippen LogP contribution < -0.4 is 16.0 Å². The van der Waals surface area contributed by atoms with Crippen molar-refractivity contribution in [3.05, 3.63) is 76.7 Å². The molecule has 8 heteroatoms. The lowest BCUT2D eigenvalue weighted by atomic mass is 10.0. The molecule has 0 aliphatic rings. The van der Waals surface area contributed by atoms with Gasteiger partial charge in [0.05, 0.1) is 30.8 Å². The molecule has 2 N–H and O–H groups in total. The third-order valence-electron chi connectivity index (χ3n) is 4.69. The van der Waals surface area contributed by atoms with Crippen molar-refractivity contribution in [1.29, 1.82) is 0 Å². The van der Waals surface area contributed by atoms with E-state index >= 15 is 0 Å². The lowest BCUT2D eigenvalue weighted by molar-refractivity contribution is 0.0596. The Labute approximate surface area is 171 Å². The summed E-state index contributed by atoms with van der Waals surface area (Å²) in [7, 11) is 2.71. The molecule has 0 saturated carbocycles. The number of nitrogen functional groups attached to an aromatic ring is 1. The normalized spacial score (nSPS) is 10.7. The average molecular weight is 402 g/mol. The van der Waals surface area contributed by atoms with E-state index in [4.69, 9.17) is 15.2 Å². The van der Waals surface area contributed by atoms with E-state index in [1.54, 1.807) is 42.6 Å². The molecule has 0 aliphatic carbocycles. The Balaban J connectivity index is 1.90. The molecule has 0 unspecified atom stereocenters. The predicted molar refractivity (Wildman–Crippen MR) is 113 cm³/mol. The summed E-state index contributed by atoms with van der Waals surface area (Å²) in [6.45, 7) is 0. The fraction of sp³-hybridized carbons (Fsp3) is 0.0909. The summed E-state index contributed by atoms with van der Waals surface area (Å²) in [5.74, 6) is -0.305. The largest absolute Gasteiger partial charge is 0.480 e. The van der Waals surface area contributed by atoms with E-state index in [0.29, 0.717) is 27.7 Å². The Morgan fingerprint density at radius 1 is 1.03 bits per heavy atom. The van der Waals surface area contributed by atoms with Crippen LogP contribution in [0.15, 0.2) is 65.6 Å². The Morgan fingerprint density at radius 2 is 1.80 bits per heavy atom. The van der Waals surface area contributed by atoms with Gasteiger partial charge in [0.25, 0.3) is 5.56 Å².